The minimum absolute atomic E-state index is 0.00510. The van der Waals surface area contributed by atoms with Gasteiger partial charge < -0.3 is 4.57 Å². The minimum Gasteiger partial charge on any atom is -0.342 e. The third-order valence-electron chi connectivity index (χ3n) is 4.82. The van der Waals surface area contributed by atoms with Crippen LogP contribution >= 0.6 is 0 Å². The molecule has 0 atom stereocenters. The molecule has 0 amide bonds. The molecule has 0 aliphatic rings. The van der Waals surface area contributed by atoms with Crippen LogP contribution in [0.4, 0.5) is 5.69 Å². The van der Waals surface area contributed by atoms with Crippen molar-refractivity contribution in [3.8, 4) is 6.07 Å². The first-order valence-corrected chi connectivity index (χ1v) is 9.14. The second-order valence-corrected chi connectivity index (χ2v) is 6.69. The van der Waals surface area contributed by atoms with E-state index in [-0.39, 0.29) is 5.69 Å². The van der Waals surface area contributed by atoms with Gasteiger partial charge in [0.2, 0.25) is 0 Å². The van der Waals surface area contributed by atoms with Crippen LogP contribution in [0.25, 0.3) is 22.6 Å². The van der Waals surface area contributed by atoms with E-state index in [1.807, 2.05) is 48.7 Å². The van der Waals surface area contributed by atoms with Crippen LogP contribution in [0.3, 0.4) is 0 Å². The SMILES string of the molecule is N#C/C(=C/c1cn(Cc2ccccc2)c2ccccc12)c1ccc([N+](=O)[O-])cc1. The molecule has 1 heterocycles. The number of nitro benzene ring substituents is 1. The molecule has 140 valence electrons. The van der Waals surface area contributed by atoms with E-state index in [0.29, 0.717) is 11.1 Å². The largest absolute Gasteiger partial charge is 0.342 e. The van der Waals surface area contributed by atoms with Crippen LogP contribution < -0.4 is 0 Å². The lowest BCUT2D eigenvalue weighted by molar-refractivity contribution is -0.384. The van der Waals surface area contributed by atoms with Crippen molar-refractivity contribution in [1.82, 2.24) is 4.57 Å². The normalized spacial score (nSPS) is 11.3. The summed E-state index contributed by atoms with van der Waals surface area (Å²) in [5.74, 6) is 0. The molecule has 0 aliphatic carbocycles. The number of nitrogens with zero attached hydrogens (tertiary/aromatic N) is 3. The number of hydrogen-bond donors (Lipinski definition) is 0. The Bertz CT molecular complexity index is 1250. The maximum atomic E-state index is 10.9. The number of rotatable bonds is 5. The van der Waals surface area contributed by atoms with Crippen LogP contribution in [-0.4, -0.2) is 9.49 Å². The monoisotopic (exact) mass is 379 g/mol. The van der Waals surface area contributed by atoms with Gasteiger partial charge in [-0.1, -0.05) is 48.5 Å². The van der Waals surface area contributed by atoms with E-state index in [9.17, 15) is 15.4 Å². The zero-order valence-corrected chi connectivity index (χ0v) is 15.5. The molecule has 0 saturated carbocycles. The predicted molar refractivity (Wildman–Crippen MR) is 114 cm³/mol. The van der Waals surface area contributed by atoms with Gasteiger partial charge in [0.1, 0.15) is 0 Å². The highest BCUT2D eigenvalue weighted by molar-refractivity contribution is 5.98. The molecule has 0 radical (unpaired) electrons. The summed E-state index contributed by atoms with van der Waals surface area (Å²) in [6.07, 6.45) is 3.88. The number of nitro groups is 1. The van der Waals surface area contributed by atoms with E-state index >= 15 is 0 Å². The molecule has 0 N–H and O–H groups in total. The van der Waals surface area contributed by atoms with Gasteiger partial charge in [0.05, 0.1) is 16.6 Å². The number of allylic oxidation sites excluding steroid dienone is 1. The summed E-state index contributed by atoms with van der Waals surface area (Å²) >= 11 is 0. The van der Waals surface area contributed by atoms with Gasteiger partial charge in [-0.15, -0.1) is 0 Å². The molecule has 0 aliphatic heterocycles. The Morgan fingerprint density at radius 2 is 1.69 bits per heavy atom. The summed E-state index contributed by atoms with van der Waals surface area (Å²) < 4.78 is 2.17. The van der Waals surface area contributed by atoms with Crippen molar-refractivity contribution in [2.75, 3.05) is 0 Å². The highest BCUT2D eigenvalue weighted by atomic mass is 16.6. The van der Waals surface area contributed by atoms with Crippen molar-refractivity contribution in [2.24, 2.45) is 0 Å². The Morgan fingerprint density at radius 1 is 1.00 bits per heavy atom. The minimum atomic E-state index is -0.448. The van der Waals surface area contributed by atoms with Crippen LogP contribution in [0.1, 0.15) is 16.7 Å². The van der Waals surface area contributed by atoms with Gasteiger partial charge in [-0.25, -0.2) is 0 Å². The number of para-hydroxylation sites is 1. The summed E-state index contributed by atoms with van der Waals surface area (Å²) in [7, 11) is 0. The Kier molecular flexibility index (Phi) is 4.91. The van der Waals surface area contributed by atoms with Gasteiger partial charge in [-0.2, -0.15) is 5.26 Å². The highest BCUT2D eigenvalue weighted by Crippen LogP contribution is 2.27. The second-order valence-electron chi connectivity index (χ2n) is 6.69. The number of benzene rings is 3. The van der Waals surface area contributed by atoms with Crippen LogP contribution in [0.2, 0.25) is 0 Å². The Morgan fingerprint density at radius 3 is 2.38 bits per heavy atom. The number of non-ortho nitro benzene ring substituents is 1. The summed E-state index contributed by atoms with van der Waals surface area (Å²) in [4.78, 5) is 10.4. The fourth-order valence-electron chi connectivity index (χ4n) is 3.40. The number of aromatic nitrogens is 1. The van der Waals surface area contributed by atoms with E-state index in [0.717, 1.165) is 23.0 Å². The van der Waals surface area contributed by atoms with Crippen molar-refractivity contribution in [2.45, 2.75) is 6.54 Å². The van der Waals surface area contributed by atoms with Gasteiger partial charge in [0.25, 0.3) is 5.69 Å². The van der Waals surface area contributed by atoms with Gasteiger partial charge in [0.15, 0.2) is 0 Å². The Balaban J connectivity index is 1.76. The average Bonchev–Trinajstić information content (AvgIpc) is 3.10. The van der Waals surface area contributed by atoms with Crippen LogP contribution in [0.5, 0.6) is 0 Å². The summed E-state index contributed by atoms with van der Waals surface area (Å²) in [5, 5.41) is 21.6. The van der Waals surface area contributed by atoms with Crippen molar-refractivity contribution in [3.05, 3.63) is 112 Å². The molecular weight excluding hydrogens is 362 g/mol. The zero-order chi connectivity index (χ0) is 20.2. The predicted octanol–water partition coefficient (Wildman–Crippen LogP) is 5.66. The Hall–Kier alpha value is -4.17. The summed E-state index contributed by atoms with van der Waals surface area (Å²) in [6.45, 7) is 0.731. The van der Waals surface area contributed by atoms with E-state index in [4.69, 9.17) is 0 Å². The first kappa shape index (κ1) is 18.2. The Labute approximate surface area is 167 Å². The molecule has 5 nitrogen and oxygen atoms in total. The van der Waals surface area contributed by atoms with Gasteiger partial charge in [-0.05, 0) is 35.4 Å². The first-order chi connectivity index (χ1) is 14.2. The summed E-state index contributed by atoms with van der Waals surface area (Å²) in [5.41, 5.74) is 4.33. The number of hydrogen-bond acceptors (Lipinski definition) is 3. The first-order valence-electron chi connectivity index (χ1n) is 9.14. The molecule has 0 fully saturated rings. The van der Waals surface area contributed by atoms with Gasteiger partial charge in [0, 0.05) is 41.3 Å². The molecule has 0 unspecified atom stereocenters. The fraction of sp³-hybridized carbons (Fsp3) is 0.0417. The highest BCUT2D eigenvalue weighted by Gasteiger charge is 2.10. The molecule has 0 saturated heterocycles. The van der Waals surface area contributed by atoms with Gasteiger partial charge in [-0.3, -0.25) is 10.1 Å². The summed E-state index contributed by atoms with van der Waals surface area (Å²) in [6, 6.07) is 26.5. The maximum absolute atomic E-state index is 10.9. The molecular formula is C24H17N3O2. The number of nitriles is 1. The molecule has 29 heavy (non-hydrogen) atoms. The van der Waals surface area contributed by atoms with E-state index < -0.39 is 4.92 Å². The second kappa shape index (κ2) is 7.83. The fourth-order valence-corrected chi connectivity index (χ4v) is 3.40. The van der Waals surface area contributed by atoms with Crippen LogP contribution in [-0.2, 0) is 6.54 Å². The van der Waals surface area contributed by atoms with Crippen LogP contribution in [0, 0.1) is 21.4 Å². The number of fused-ring (bicyclic) bond motifs is 1. The van der Waals surface area contributed by atoms with Crippen molar-refractivity contribution < 1.29 is 4.92 Å². The maximum Gasteiger partial charge on any atom is 0.269 e. The van der Waals surface area contributed by atoms with Crippen LogP contribution in [0.15, 0.2) is 85.1 Å². The van der Waals surface area contributed by atoms with E-state index in [1.54, 1.807) is 12.1 Å². The van der Waals surface area contributed by atoms with E-state index in [1.165, 1.54) is 17.7 Å². The molecule has 0 spiro atoms. The molecule has 4 aromatic rings. The third-order valence-corrected chi connectivity index (χ3v) is 4.82. The molecule has 1 aromatic heterocycles. The molecule has 0 bridgehead atoms. The van der Waals surface area contributed by atoms with Crippen molar-refractivity contribution >= 4 is 28.2 Å². The third kappa shape index (κ3) is 3.78. The quantitative estimate of drug-likeness (QED) is 0.255. The lowest BCUT2D eigenvalue weighted by Gasteiger charge is -2.05. The van der Waals surface area contributed by atoms with Crippen molar-refractivity contribution in [1.29, 1.82) is 5.26 Å². The molecule has 3 aromatic carbocycles. The lowest BCUT2D eigenvalue weighted by Crippen LogP contribution is -1.97. The van der Waals surface area contributed by atoms with Crippen molar-refractivity contribution in [3.63, 3.8) is 0 Å². The smallest absolute Gasteiger partial charge is 0.269 e. The molecule has 5 heteroatoms. The molecule has 4 rings (SSSR count). The lowest BCUT2D eigenvalue weighted by atomic mass is 10.0. The average molecular weight is 379 g/mol. The van der Waals surface area contributed by atoms with E-state index in [2.05, 4.69) is 28.8 Å². The standard InChI is InChI=1S/C24H17N3O2/c25-15-20(19-10-12-22(13-11-19)27(28)29)14-21-17-26(16-18-6-2-1-3-7-18)24-9-5-4-8-23(21)24/h1-14,17H,16H2/b20-14-. The van der Waals surface area contributed by atoms with Gasteiger partial charge >= 0.3 is 0 Å². The zero-order valence-electron chi connectivity index (χ0n) is 15.5. The topological polar surface area (TPSA) is 71.9 Å².